The number of pyridine rings is 1. The first-order chi connectivity index (χ1) is 15.3. The van der Waals surface area contributed by atoms with Crippen molar-refractivity contribution in [2.24, 2.45) is 5.92 Å². The molecule has 4 rings (SSSR count). The summed E-state index contributed by atoms with van der Waals surface area (Å²) in [7, 11) is 0. The molecule has 32 heavy (non-hydrogen) atoms. The van der Waals surface area contributed by atoms with Gasteiger partial charge in [-0.15, -0.1) is 5.10 Å². The highest BCUT2D eigenvalue weighted by Gasteiger charge is 2.33. The zero-order valence-electron chi connectivity index (χ0n) is 16.9. The van der Waals surface area contributed by atoms with Crippen LogP contribution in [-0.2, 0) is 17.5 Å². The van der Waals surface area contributed by atoms with E-state index in [0.29, 0.717) is 38.3 Å². The molecule has 0 unspecified atom stereocenters. The molecular weight excluding hydrogens is 445 g/mol. The lowest BCUT2D eigenvalue weighted by Crippen LogP contribution is -2.38. The van der Waals surface area contributed by atoms with E-state index < -0.39 is 11.7 Å². The van der Waals surface area contributed by atoms with Crippen molar-refractivity contribution < 1.29 is 18.0 Å². The quantitative estimate of drug-likeness (QED) is 0.611. The minimum absolute atomic E-state index is 0.0594. The molecule has 1 saturated heterocycles. The molecule has 3 aromatic rings. The minimum Gasteiger partial charge on any atom is -0.355 e. The first-order valence-electron chi connectivity index (χ1n) is 10.0. The van der Waals surface area contributed by atoms with Crippen molar-refractivity contribution >= 4 is 29.3 Å². The summed E-state index contributed by atoms with van der Waals surface area (Å²) in [6, 6.07) is 10.6. The molecular formula is C21H20ClF3N6O. The van der Waals surface area contributed by atoms with Crippen molar-refractivity contribution in [3.05, 3.63) is 65.1 Å². The van der Waals surface area contributed by atoms with Crippen molar-refractivity contribution in [1.29, 1.82) is 0 Å². The molecule has 0 atom stereocenters. The smallest absolute Gasteiger partial charge is 0.355 e. The van der Waals surface area contributed by atoms with Gasteiger partial charge in [-0.05, 0) is 24.5 Å². The number of nitrogens with zero attached hydrogens (tertiary/aromatic N) is 5. The number of amides is 1. The van der Waals surface area contributed by atoms with E-state index in [1.54, 1.807) is 15.9 Å². The molecule has 1 aliphatic heterocycles. The Labute approximate surface area is 187 Å². The van der Waals surface area contributed by atoms with Crippen LogP contribution in [0.5, 0.6) is 0 Å². The summed E-state index contributed by atoms with van der Waals surface area (Å²) in [5.41, 5.74) is 0.179. The summed E-state index contributed by atoms with van der Waals surface area (Å²) in [4.78, 5) is 22.4. The van der Waals surface area contributed by atoms with Gasteiger partial charge < -0.3 is 4.90 Å². The normalized spacial score (nSPS) is 15.1. The van der Waals surface area contributed by atoms with E-state index in [-0.39, 0.29) is 22.8 Å². The second kappa shape index (κ2) is 9.15. The largest absolute Gasteiger partial charge is 0.417 e. The number of carbonyl (C=O) groups is 1. The first kappa shape index (κ1) is 22.1. The molecule has 0 bridgehead atoms. The topological polar surface area (TPSA) is 75.9 Å². The predicted molar refractivity (Wildman–Crippen MR) is 113 cm³/mol. The molecule has 0 saturated carbocycles. The van der Waals surface area contributed by atoms with Gasteiger partial charge in [0.2, 0.25) is 11.9 Å². The molecule has 1 N–H and O–H groups in total. The van der Waals surface area contributed by atoms with Crippen LogP contribution >= 0.6 is 11.6 Å². The zero-order chi connectivity index (χ0) is 22.7. The number of nitrogens with one attached hydrogen (secondary N) is 1. The summed E-state index contributed by atoms with van der Waals surface area (Å²) in [5.74, 6) is 0.0785. The van der Waals surface area contributed by atoms with E-state index in [1.807, 2.05) is 30.3 Å². The van der Waals surface area contributed by atoms with Gasteiger partial charge in [0.1, 0.15) is 12.1 Å². The lowest BCUT2D eigenvalue weighted by molar-refractivity contribution is -0.137. The Morgan fingerprint density at radius 1 is 1.16 bits per heavy atom. The molecule has 168 valence electrons. The molecule has 11 heteroatoms. The Kier molecular flexibility index (Phi) is 6.31. The lowest BCUT2D eigenvalue weighted by atomic mass is 9.96. The van der Waals surface area contributed by atoms with Crippen LogP contribution < -0.4 is 10.2 Å². The zero-order valence-corrected chi connectivity index (χ0v) is 17.6. The predicted octanol–water partition coefficient (Wildman–Crippen LogP) is 4.25. The summed E-state index contributed by atoms with van der Waals surface area (Å²) >= 11 is 6.03. The third kappa shape index (κ3) is 5.18. The second-order valence-electron chi connectivity index (χ2n) is 7.53. The van der Waals surface area contributed by atoms with E-state index in [4.69, 9.17) is 11.6 Å². The van der Waals surface area contributed by atoms with Gasteiger partial charge in [0.15, 0.2) is 0 Å². The number of alkyl halides is 3. The molecule has 7 nitrogen and oxygen atoms in total. The van der Waals surface area contributed by atoms with Crippen LogP contribution in [0.15, 0.2) is 48.9 Å². The molecule has 0 radical (unpaired) electrons. The van der Waals surface area contributed by atoms with Crippen LogP contribution in [0.4, 0.5) is 24.9 Å². The van der Waals surface area contributed by atoms with Crippen molar-refractivity contribution in [2.75, 3.05) is 23.3 Å². The monoisotopic (exact) mass is 464 g/mol. The fourth-order valence-corrected chi connectivity index (χ4v) is 3.87. The highest BCUT2D eigenvalue weighted by Crippen LogP contribution is 2.34. The maximum absolute atomic E-state index is 12.8. The molecule has 0 aliphatic carbocycles. The second-order valence-corrected chi connectivity index (χ2v) is 7.94. The Morgan fingerprint density at radius 3 is 2.53 bits per heavy atom. The van der Waals surface area contributed by atoms with Crippen molar-refractivity contribution in [1.82, 2.24) is 19.7 Å². The number of aromatic nitrogens is 4. The van der Waals surface area contributed by atoms with Gasteiger partial charge in [0.25, 0.3) is 0 Å². The SMILES string of the molecule is O=C(Nc1ncn(Cc2ccccc2)n1)C1CCN(c2ncc(C(F)(F)F)cc2Cl)CC1. The average molecular weight is 465 g/mol. The number of rotatable bonds is 5. The highest BCUT2D eigenvalue weighted by atomic mass is 35.5. The van der Waals surface area contributed by atoms with E-state index in [9.17, 15) is 18.0 Å². The van der Waals surface area contributed by atoms with Gasteiger partial charge >= 0.3 is 6.18 Å². The van der Waals surface area contributed by atoms with Gasteiger partial charge in [-0.3, -0.25) is 10.1 Å². The van der Waals surface area contributed by atoms with Gasteiger partial charge in [-0.2, -0.15) is 13.2 Å². The fourth-order valence-electron chi connectivity index (χ4n) is 3.58. The molecule has 1 amide bonds. The van der Waals surface area contributed by atoms with Gasteiger partial charge in [0, 0.05) is 25.2 Å². The Morgan fingerprint density at radius 2 is 1.88 bits per heavy atom. The average Bonchev–Trinajstić information content (AvgIpc) is 3.20. The molecule has 1 fully saturated rings. The summed E-state index contributed by atoms with van der Waals surface area (Å²) in [6.45, 7) is 1.45. The number of piperidine rings is 1. The van der Waals surface area contributed by atoms with E-state index in [0.717, 1.165) is 17.8 Å². The fraction of sp³-hybridized carbons (Fsp3) is 0.333. The van der Waals surface area contributed by atoms with Gasteiger partial charge in [0.05, 0.1) is 17.1 Å². The Hall–Kier alpha value is -3.14. The standard InChI is InChI=1S/C21H20ClF3N6O/c22-17-10-16(21(23,24)25)11-26-18(17)30-8-6-15(7-9-30)19(32)28-20-27-13-31(29-20)12-14-4-2-1-3-5-14/h1-5,10-11,13,15H,6-9,12H2,(H,28,29,32). The van der Waals surface area contributed by atoms with Crippen LogP contribution in [0, 0.1) is 5.92 Å². The van der Waals surface area contributed by atoms with E-state index in [2.05, 4.69) is 20.4 Å². The third-order valence-corrected chi connectivity index (χ3v) is 5.55. The number of halogens is 4. The van der Waals surface area contributed by atoms with Crippen LogP contribution in [0.2, 0.25) is 5.02 Å². The number of hydrogen-bond donors (Lipinski definition) is 1. The van der Waals surface area contributed by atoms with Crippen LogP contribution in [0.25, 0.3) is 0 Å². The van der Waals surface area contributed by atoms with Crippen molar-refractivity contribution in [3.8, 4) is 0 Å². The molecule has 1 aromatic carbocycles. The van der Waals surface area contributed by atoms with Crippen LogP contribution in [0.1, 0.15) is 24.0 Å². The maximum atomic E-state index is 12.8. The number of benzene rings is 1. The molecule has 0 spiro atoms. The number of anilines is 2. The molecule has 3 heterocycles. The highest BCUT2D eigenvalue weighted by molar-refractivity contribution is 6.33. The summed E-state index contributed by atoms with van der Waals surface area (Å²) in [5, 5.41) is 6.97. The lowest BCUT2D eigenvalue weighted by Gasteiger charge is -2.32. The molecule has 1 aliphatic rings. The molecule has 2 aromatic heterocycles. The number of carbonyl (C=O) groups excluding carboxylic acids is 1. The van der Waals surface area contributed by atoms with Crippen molar-refractivity contribution in [2.45, 2.75) is 25.6 Å². The Balaban J connectivity index is 1.31. The summed E-state index contributed by atoms with van der Waals surface area (Å²) in [6.07, 6.45) is -1.14. The van der Waals surface area contributed by atoms with E-state index in [1.165, 1.54) is 0 Å². The summed E-state index contributed by atoms with van der Waals surface area (Å²) < 4.78 is 40.1. The van der Waals surface area contributed by atoms with Gasteiger partial charge in [-0.25, -0.2) is 14.6 Å². The third-order valence-electron chi connectivity index (χ3n) is 5.27. The van der Waals surface area contributed by atoms with Gasteiger partial charge in [-0.1, -0.05) is 41.9 Å². The van der Waals surface area contributed by atoms with Crippen LogP contribution in [-0.4, -0.2) is 38.7 Å². The maximum Gasteiger partial charge on any atom is 0.417 e. The Bertz CT molecular complexity index is 1080. The number of hydrogen-bond acceptors (Lipinski definition) is 5. The van der Waals surface area contributed by atoms with Crippen molar-refractivity contribution in [3.63, 3.8) is 0 Å². The van der Waals surface area contributed by atoms with Crippen LogP contribution in [0.3, 0.4) is 0 Å². The van der Waals surface area contributed by atoms with E-state index >= 15 is 0 Å². The minimum atomic E-state index is -4.50. The first-order valence-corrected chi connectivity index (χ1v) is 10.4.